The normalized spacial score (nSPS) is 22.6. The Labute approximate surface area is 98.9 Å². The number of aromatic hydroxyl groups is 2. The van der Waals surface area contributed by atoms with Gasteiger partial charge in [0.05, 0.1) is 14.0 Å². The summed E-state index contributed by atoms with van der Waals surface area (Å²) in [5.74, 6) is -3.81. The van der Waals surface area contributed by atoms with Crippen LogP contribution in [-0.4, -0.2) is 34.4 Å². The molecule has 0 aliphatic carbocycles. The van der Waals surface area contributed by atoms with Gasteiger partial charge in [0.1, 0.15) is 12.1 Å². The molecule has 0 bridgehead atoms. The van der Waals surface area contributed by atoms with E-state index in [-0.39, 0.29) is 0 Å². The molecule has 6 nitrogen and oxygen atoms in total. The highest BCUT2D eigenvalue weighted by Gasteiger charge is 2.25. The molecule has 0 fully saturated rings. The zero-order valence-electron chi connectivity index (χ0n) is 13.2. The third-order valence-corrected chi connectivity index (χ3v) is 1.67. The van der Waals surface area contributed by atoms with Crippen molar-refractivity contribution in [2.45, 2.75) is 12.1 Å². The number of methoxy groups -OCH3 is 1. The van der Waals surface area contributed by atoms with E-state index >= 15 is 0 Å². The highest BCUT2D eigenvalue weighted by molar-refractivity contribution is 5.76. The molecule has 0 aliphatic rings. The first-order valence-corrected chi connectivity index (χ1v) is 4.03. The Bertz CT molecular complexity index is 575. The number of benzene rings is 1. The number of carbonyl (C=O) groups is 1. The van der Waals surface area contributed by atoms with E-state index in [2.05, 4.69) is 4.74 Å². The largest absolute Gasteiger partial charge is 0.504 e. The van der Waals surface area contributed by atoms with Crippen molar-refractivity contribution in [3.63, 3.8) is 0 Å². The predicted octanol–water partition coefficient (Wildman–Crippen LogP) is -0.369. The molecule has 2 atom stereocenters. The maximum atomic E-state index is 11.4. The SMILES string of the molecule is [2H]c1c([2H])c(C([2H])(O)C([2H])(N)C(=O)OC)c([2H])c(O)c1O. The highest BCUT2D eigenvalue weighted by Crippen LogP contribution is 2.28. The lowest BCUT2D eigenvalue weighted by molar-refractivity contribution is -0.145. The second-order valence-corrected chi connectivity index (χ2v) is 2.70. The van der Waals surface area contributed by atoms with Crippen molar-refractivity contribution in [1.82, 2.24) is 0 Å². The number of carbonyl (C=O) groups excluding carboxylic acids is 1. The molecule has 1 rings (SSSR count). The molecule has 0 aliphatic heterocycles. The van der Waals surface area contributed by atoms with Crippen molar-refractivity contribution >= 4 is 5.97 Å². The third-order valence-electron chi connectivity index (χ3n) is 1.67. The number of phenols is 2. The summed E-state index contributed by atoms with van der Waals surface area (Å²) in [6.07, 6.45) is -3.38. The molecular formula is C10H13NO5. The van der Waals surface area contributed by atoms with Crippen LogP contribution in [0.4, 0.5) is 0 Å². The number of rotatable bonds is 3. The van der Waals surface area contributed by atoms with Crippen LogP contribution in [0.1, 0.15) is 18.5 Å². The molecule has 0 saturated carbocycles. The van der Waals surface area contributed by atoms with E-state index in [0.717, 1.165) is 7.11 Å². The summed E-state index contributed by atoms with van der Waals surface area (Å²) >= 11 is 0. The Kier molecular flexibility index (Phi) is 2.03. The molecule has 5 N–H and O–H groups in total. The van der Waals surface area contributed by atoms with Gasteiger partial charge >= 0.3 is 5.97 Å². The van der Waals surface area contributed by atoms with Gasteiger partial charge in [0.25, 0.3) is 0 Å². The smallest absolute Gasteiger partial charge is 0.325 e. The summed E-state index contributed by atoms with van der Waals surface area (Å²) in [6, 6.07) is -6.26. The molecule has 0 heterocycles. The molecule has 1 aromatic carbocycles. The number of ether oxygens (including phenoxy) is 1. The molecule has 6 heteroatoms. The Balaban J connectivity index is 3.71. The number of aliphatic hydroxyl groups is 1. The average molecular weight is 232 g/mol. The van der Waals surface area contributed by atoms with Crippen LogP contribution >= 0.6 is 0 Å². The average Bonchev–Trinajstić information content (AvgIpc) is 2.41. The molecule has 1 aromatic rings. The van der Waals surface area contributed by atoms with Crippen LogP contribution in [0.3, 0.4) is 0 Å². The van der Waals surface area contributed by atoms with Crippen molar-refractivity contribution in [3.8, 4) is 11.5 Å². The van der Waals surface area contributed by atoms with Crippen LogP contribution < -0.4 is 5.73 Å². The van der Waals surface area contributed by atoms with Crippen LogP contribution in [0.5, 0.6) is 11.5 Å². The third kappa shape index (κ3) is 2.41. The van der Waals surface area contributed by atoms with Crippen LogP contribution in [0, 0.1) is 0 Å². The van der Waals surface area contributed by atoms with Gasteiger partial charge in [-0.2, -0.15) is 0 Å². The Morgan fingerprint density at radius 1 is 1.56 bits per heavy atom. The minimum Gasteiger partial charge on any atom is -0.504 e. The van der Waals surface area contributed by atoms with E-state index in [1.807, 2.05) is 0 Å². The zero-order valence-corrected chi connectivity index (χ0v) is 8.24. The molecule has 2 unspecified atom stereocenters. The topological polar surface area (TPSA) is 113 Å². The minimum absolute atomic E-state index is 0.849. The van der Waals surface area contributed by atoms with E-state index in [4.69, 9.17) is 12.6 Å². The van der Waals surface area contributed by atoms with Gasteiger partial charge < -0.3 is 25.8 Å². The monoisotopic (exact) mass is 232 g/mol. The lowest BCUT2D eigenvalue weighted by Crippen LogP contribution is -2.37. The van der Waals surface area contributed by atoms with Crippen molar-refractivity contribution < 1.29 is 31.7 Å². The Morgan fingerprint density at radius 2 is 2.19 bits per heavy atom. The summed E-state index contributed by atoms with van der Waals surface area (Å²) in [4.78, 5) is 11.4. The molecule has 0 saturated heterocycles. The lowest BCUT2D eigenvalue weighted by Gasteiger charge is -2.17. The summed E-state index contributed by atoms with van der Waals surface area (Å²) < 4.78 is 41.8. The first-order valence-electron chi connectivity index (χ1n) is 6.53. The fourth-order valence-electron chi connectivity index (χ4n) is 0.849. The van der Waals surface area contributed by atoms with Gasteiger partial charge in [-0.3, -0.25) is 4.79 Å². The van der Waals surface area contributed by atoms with Gasteiger partial charge in [-0.15, -0.1) is 0 Å². The van der Waals surface area contributed by atoms with Gasteiger partial charge in [0.2, 0.25) is 0 Å². The fraction of sp³-hybridized carbons (Fsp3) is 0.300. The second-order valence-electron chi connectivity index (χ2n) is 2.70. The quantitative estimate of drug-likeness (QED) is 0.418. The van der Waals surface area contributed by atoms with Crippen LogP contribution in [-0.2, 0) is 9.53 Å². The predicted molar refractivity (Wildman–Crippen MR) is 54.7 cm³/mol. The number of nitrogens with two attached hydrogens (primary N) is 1. The molecular weight excluding hydrogens is 214 g/mol. The van der Waals surface area contributed by atoms with Gasteiger partial charge in [-0.05, 0) is 17.6 Å². The first kappa shape index (κ1) is 6.72. The van der Waals surface area contributed by atoms with Crippen LogP contribution in [0.15, 0.2) is 18.1 Å². The maximum Gasteiger partial charge on any atom is 0.325 e. The van der Waals surface area contributed by atoms with Crippen molar-refractivity contribution in [1.29, 1.82) is 0 Å². The van der Waals surface area contributed by atoms with E-state index in [0.29, 0.717) is 0 Å². The van der Waals surface area contributed by atoms with Crippen molar-refractivity contribution in [2.75, 3.05) is 7.11 Å². The molecule has 16 heavy (non-hydrogen) atoms. The Hall–Kier alpha value is -1.79. The molecule has 0 radical (unpaired) electrons. The number of phenolic OH excluding ortho intramolecular Hbond substituents is 2. The molecule has 0 amide bonds. The number of hydrogen-bond acceptors (Lipinski definition) is 6. The van der Waals surface area contributed by atoms with Gasteiger partial charge in [0.15, 0.2) is 11.5 Å². The summed E-state index contributed by atoms with van der Waals surface area (Å²) in [6.45, 7) is 0. The Morgan fingerprint density at radius 3 is 2.75 bits per heavy atom. The summed E-state index contributed by atoms with van der Waals surface area (Å²) in [7, 11) is 0.849. The zero-order chi connectivity index (χ0) is 16.7. The summed E-state index contributed by atoms with van der Waals surface area (Å²) in [5.41, 5.74) is 4.16. The number of esters is 1. The fourth-order valence-corrected chi connectivity index (χ4v) is 0.849. The van der Waals surface area contributed by atoms with Gasteiger partial charge in [-0.25, -0.2) is 0 Å². The van der Waals surface area contributed by atoms with Crippen molar-refractivity contribution in [3.05, 3.63) is 23.7 Å². The summed E-state index contributed by atoms with van der Waals surface area (Å²) in [5, 5.41) is 28.8. The highest BCUT2D eigenvalue weighted by atomic mass is 16.5. The molecule has 0 spiro atoms. The minimum atomic E-state index is -3.38. The van der Waals surface area contributed by atoms with E-state index in [1.54, 1.807) is 0 Å². The standard InChI is InChI=1S/C10H13NO5/c1-16-10(15)8(11)9(14)5-2-3-6(12)7(13)4-5/h2-4,8-9,12-14H,11H2,1H3/i2D,3D,4D,8D,9D. The van der Waals surface area contributed by atoms with Crippen LogP contribution in [0.25, 0.3) is 0 Å². The van der Waals surface area contributed by atoms with Gasteiger partial charge in [-0.1, -0.05) is 6.04 Å². The van der Waals surface area contributed by atoms with E-state index in [9.17, 15) is 20.1 Å². The first-order chi connectivity index (χ1) is 9.41. The molecule has 0 aromatic heterocycles. The molecule has 88 valence electrons. The van der Waals surface area contributed by atoms with Crippen molar-refractivity contribution in [2.24, 2.45) is 5.73 Å². The van der Waals surface area contributed by atoms with Crippen LogP contribution in [0.2, 0.25) is 0 Å². The maximum absolute atomic E-state index is 11.4. The second kappa shape index (κ2) is 4.82. The van der Waals surface area contributed by atoms with Gasteiger partial charge in [0, 0.05) is 0 Å². The lowest BCUT2D eigenvalue weighted by atomic mass is 10.0. The van der Waals surface area contributed by atoms with E-state index < -0.39 is 53.3 Å². The van der Waals surface area contributed by atoms with E-state index in [1.165, 1.54) is 0 Å². The number of hydrogen-bond donors (Lipinski definition) is 4.